The zero-order valence-corrected chi connectivity index (χ0v) is 9.57. The van der Waals surface area contributed by atoms with Gasteiger partial charge in [-0.05, 0) is 24.6 Å². The second-order valence-corrected chi connectivity index (χ2v) is 3.51. The van der Waals surface area contributed by atoms with Gasteiger partial charge in [0.15, 0.2) is 17.3 Å². The number of carbonyl (C=O) groups excluding carboxylic acids is 1. The number of ether oxygens (including phenoxy) is 1. The van der Waals surface area contributed by atoms with Crippen molar-refractivity contribution >= 4 is 11.8 Å². The molecular weight excluding hydrogens is 227 g/mol. The first-order chi connectivity index (χ1) is 8.01. The Balaban J connectivity index is 3.04. The van der Waals surface area contributed by atoms with Crippen molar-refractivity contribution in [1.29, 1.82) is 0 Å². The molecule has 1 aromatic rings. The SMILES string of the molecule is CCC(C(=O)O)C(=O)c1ccc(OC)c(F)c1. The van der Waals surface area contributed by atoms with Crippen molar-refractivity contribution in [3.05, 3.63) is 29.6 Å². The van der Waals surface area contributed by atoms with E-state index in [1.807, 2.05) is 0 Å². The molecule has 0 aromatic heterocycles. The lowest BCUT2D eigenvalue weighted by atomic mass is 9.95. The normalized spacial score (nSPS) is 11.9. The largest absolute Gasteiger partial charge is 0.494 e. The van der Waals surface area contributed by atoms with Crippen molar-refractivity contribution in [2.75, 3.05) is 7.11 Å². The van der Waals surface area contributed by atoms with Crippen LogP contribution in [0.2, 0.25) is 0 Å². The van der Waals surface area contributed by atoms with Crippen molar-refractivity contribution in [1.82, 2.24) is 0 Å². The first kappa shape index (κ1) is 13.2. The van der Waals surface area contributed by atoms with E-state index >= 15 is 0 Å². The quantitative estimate of drug-likeness (QED) is 0.632. The van der Waals surface area contributed by atoms with Crippen molar-refractivity contribution < 1.29 is 23.8 Å². The number of Topliss-reactive ketones (excluding diaryl/α,β-unsaturated/α-hetero) is 1. The molecule has 1 N–H and O–H groups in total. The number of hydrogen-bond donors (Lipinski definition) is 1. The zero-order valence-electron chi connectivity index (χ0n) is 9.57. The van der Waals surface area contributed by atoms with E-state index in [1.165, 1.54) is 19.2 Å². The summed E-state index contributed by atoms with van der Waals surface area (Å²) in [6.07, 6.45) is 0.168. The second-order valence-electron chi connectivity index (χ2n) is 3.51. The molecule has 0 aliphatic rings. The van der Waals surface area contributed by atoms with Gasteiger partial charge in [-0.3, -0.25) is 9.59 Å². The third-order valence-electron chi connectivity index (χ3n) is 2.46. The van der Waals surface area contributed by atoms with E-state index in [1.54, 1.807) is 6.92 Å². The Morgan fingerprint density at radius 2 is 2.12 bits per heavy atom. The molecule has 0 radical (unpaired) electrons. The van der Waals surface area contributed by atoms with Crippen molar-refractivity contribution in [2.45, 2.75) is 13.3 Å². The molecule has 0 amide bonds. The smallest absolute Gasteiger partial charge is 0.314 e. The number of rotatable bonds is 5. The highest BCUT2D eigenvalue weighted by atomic mass is 19.1. The second kappa shape index (κ2) is 5.43. The number of aliphatic carboxylic acids is 1. The molecule has 0 aliphatic carbocycles. The lowest BCUT2D eigenvalue weighted by molar-refractivity contribution is -0.140. The number of carboxylic acid groups (broad SMARTS) is 1. The molecule has 1 atom stereocenters. The Hall–Kier alpha value is -1.91. The van der Waals surface area contributed by atoms with Crippen LogP contribution in [0.5, 0.6) is 5.75 Å². The summed E-state index contributed by atoms with van der Waals surface area (Å²) in [5, 5.41) is 8.84. The Morgan fingerprint density at radius 3 is 2.53 bits per heavy atom. The standard InChI is InChI=1S/C12H13FO4/c1-3-8(12(15)16)11(14)7-4-5-10(17-2)9(13)6-7/h4-6,8H,3H2,1-2H3,(H,15,16). The van der Waals surface area contributed by atoms with Crippen molar-refractivity contribution in [3.63, 3.8) is 0 Å². The summed E-state index contributed by atoms with van der Waals surface area (Å²) < 4.78 is 18.1. The molecule has 92 valence electrons. The number of hydrogen-bond acceptors (Lipinski definition) is 3. The average Bonchev–Trinajstić information content (AvgIpc) is 2.29. The van der Waals surface area contributed by atoms with Crippen LogP contribution in [-0.4, -0.2) is 24.0 Å². The lowest BCUT2D eigenvalue weighted by Gasteiger charge is -2.09. The summed E-state index contributed by atoms with van der Waals surface area (Å²) in [6.45, 7) is 1.59. The van der Waals surface area contributed by atoms with E-state index in [0.717, 1.165) is 6.07 Å². The Bertz CT molecular complexity index is 442. The van der Waals surface area contributed by atoms with E-state index in [4.69, 9.17) is 9.84 Å². The van der Waals surface area contributed by atoms with E-state index < -0.39 is 23.5 Å². The van der Waals surface area contributed by atoms with E-state index in [0.29, 0.717) is 0 Å². The molecule has 1 rings (SSSR count). The minimum absolute atomic E-state index is 0.0184. The first-order valence-corrected chi connectivity index (χ1v) is 5.11. The fourth-order valence-corrected chi connectivity index (χ4v) is 1.49. The zero-order chi connectivity index (χ0) is 13.0. The van der Waals surface area contributed by atoms with Gasteiger partial charge in [-0.1, -0.05) is 6.92 Å². The molecule has 0 bridgehead atoms. The van der Waals surface area contributed by atoms with Crippen molar-refractivity contribution in [2.24, 2.45) is 5.92 Å². The topological polar surface area (TPSA) is 63.6 Å². The van der Waals surface area contributed by atoms with Gasteiger partial charge in [0.05, 0.1) is 7.11 Å². The summed E-state index contributed by atoms with van der Waals surface area (Å²) >= 11 is 0. The number of carboxylic acids is 1. The van der Waals surface area contributed by atoms with Crippen LogP contribution in [0, 0.1) is 11.7 Å². The molecule has 5 heteroatoms. The van der Waals surface area contributed by atoms with Gasteiger partial charge in [0, 0.05) is 5.56 Å². The Morgan fingerprint density at radius 1 is 1.47 bits per heavy atom. The molecule has 0 spiro atoms. The highest BCUT2D eigenvalue weighted by Gasteiger charge is 2.25. The maximum Gasteiger partial charge on any atom is 0.314 e. The molecule has 0 saturated carbocycles. The fraction of sp³-hybridized carbons (Fsp3) is 0.333. The third-order valence-corrected chi connectivity index (χ3v) is 2.46. The van der Waals surface area contributed by atoms with Gasteiger partial charge in [0.25, 0.3) is 0 Å². The van der Waals surface area contributed by atoms with Crippen LogP contribution in [0.4, 0.5) is 4.39 Å². The highest BCUT2D eigenvalue weighted by molar-refractivity contribution is 6.08. The van der Waals surface area contributed by atoms with Crippen LogP contribution < -0.4 is 4.74 Å². The maximum atomic E-state index is 13.4. The number of benzene rings is 1. The summed E-state index contributed by atoms with van der Waals surface area (Å²) in [7, 11) is 1.31. The van der Waals surface area contributed by atoms with Gasteiger partial charge < -0.3 is 9.84 Å². The predicted octanol–water partition coefficient (Wildman–Crippen LogP) is 2.13. The van der Waals surface area contributed by atoms with E-state index in [-0.39, 0.29) is 17.7 Å². The summed E-state index contributed by atoms with van der Waals surface area (Å²) in [6, 6.07) is 3.65. The van der Waals surface area contributed by atoms with E-state index in [9.17, 15) is 14.0 Å². The Labute approximate surface area is 98.0 Å². The Kier molecular flexibility index (Phi) is 4.20. The predicted molar refractivity (Wildman–Crippen MR) is 58.7 cm³/mol. The van der Waals surface area contributed by atoms with Crippen LogP contribution in [0.3, 0.4) is 0 Å². The van der Waals surface area contributed by atoms with Crippen LogP contribution in [0.1, 0.15) is 23.7 Å². The van der Waals surface area contributed by atoms with Gasteiger partial charge in [-0.25, -0.2) is 4.39 Å². The number of methoxy groups -OCH3 is 1. The molecule has 0 saturated heterocycles. The van der Waals surface area contributed by atoms with Crippen LogP contribution in [0.25, 0.3) is 0 Å². The minimum Gasteiger partial charge on any atom is -0.494 e. The van der Waals surface area contributed by atoms with Gasteiger partial charge in [-0.15, -0.1) is 0 Å². The average molecular weight is 240 g/mol. The molecule has 0 fully saturated rings. The molecule has 0 heterocycles. The fourth-order valence-electron chi connectivity index (χ4n) is 1.49. The summed E-state index contributed by atoms with van der Waals surface area (Å²) in [5.74, 6) is -3.60. The van der Waals surface area contributed by atoms with Gasteiger partial charge in [-0.2, -0.15) is 0 Å². The third kappa shape index (κ3) is 2.81. The number of carbonyl (C=O) groups is 2. The van der Waals surface area contributed by atoms with Crippen molar-refractivity contribution in [3.8, 4) is 5.75 Å². The van der Waals surface area contributed by atoms with Gasteiger partial charge >= 0.3 is 5.97 Å². The van der Waals surface area contributed by atoms with Gasteiger partial charge in [0.1, 0.15) is 5.92 Å². The molecule has 4 nitrogen and oxygen atoms in total. The molecule has 0 aliphatic heterocycles. The monoisotopic (exact) mass is 240 g/mol. The first-order valence-electron chi connectivity index (χ1n) is 5.11. The molecule has 1 unspecified atom stereocenters. The molecule has 17 heavy (non-hydrogen) atoms. The highest BCUT2D eigenvalue weighted by Crippen LogP contribution is 2.20. The summed E-state index contributed by atoms with van der Waals surface area (Å²) in [5.41, 5.74) is 0.0394. The maximum absolute atomic E-state index is 13.4. The van der Waals surface area contributed by atoms with Crippen LogP contribution in [0.15, 0.2) is 18.2 Å². The number of halogens is 1. The van der Waals surface area contributed by atoms with Crippen LogP contribution >= 0.6 is 0 Å². The minimum atomic E-state index is -1.20. The lowest BCUT2D eigenvalue weighted by Crippen LogP contribution is -2.23. The molecular formula is C12H13FO4. The van der Waals surface area contributed by atoms with Gasteiger partial charge in [0.2, 0.25) is 0 Å². The summed E-state index contributed by atoms with van der Waals surface area (Å²) in [4.78, 5) is 22.6. The van der Waals surface area contributed by atoms with E-state index in [2.05, 4.69) is 0 Å². The number of ketones is 1. The molecule has 1 aromatic carbocycles. The van der Waals surface area contributed by atoms with Crippen LogP contribution in [-0.2, 0) is 4.79 Å².